The first-order valence-electron chi connectivity index (χ1n) is 4.30. The largest absolute Gasteiger partial charge is 0.295 e. The molecule has 1 amide bonds. The number of thiazole rings is 1. The number of carbonyl (C=O) groups excluding carboxylic acids is 1. The molecule has 0 radical (unpaired) electrons. The third-order valence-corrected chi connectivity index (χ3v) is 2.62. The first kappa shape index (κ1) is 9.78. The van der Waals surface area contributed by atoms with E-state index in [0.717, 1.165) is 10.7 Å². The van der Waals surface area contributed by atoms with E-state index in [0.29, 0.717) is 5.95 Å². The topological polar surface area (TPSA) is 83.6 Å². The van der Waals surface area contributed by atoms with Gasteiger partial charge < -0.3 is 0 Å². The highest BCUT2D eigenvalue weighted by Gasteiger charge is 2.07. The van der Waals surface area contributed by atoms with Crippen LogP contribution < -0.4 is 5.32 Å². The molecule has 0 aliphatic carbocycles. The molecule has 0 aromatic carbocycles. The lowest BCUT2D eigenvalue weighted by molar-refractivity contribution is -0.115. The maximum Gasteiger partial charge on any atom is 0.233 e. The Balaban J connectivity index is 1.93. The van der Waals surface area contributed by atoms with E-state index >= 15 is 0 Å². The average Bonchev–Trinajstić information content (AvgIpc) is 2.77. The number of nitrogens with zero attached hydrogens (tertiary/aromatic N) is 3. The Hall–Kier alpha value is -1.76. The van der Waals surface area contributed by atoms with E-state index in [4.69, 9.17) is 0 Å². The van der Waals surface area contributed by atoms with Gasteiger partial charge in [0.25, 0.3) is 0 Å². The highest BCUT2D eigenvalue weighted by Crippen LogP contribution is 2.09. The van der Waals surface area contributed by atoms with Crippen LogP contribution in [0, 0.1) is 6.92 Å². The highest BCUT2D eigenvalue weighted by molar-refractivity contribution is 7.09. The molecule has 0 saturated carbocycles. The van der Waals surface area contributed by atoms with Crippen LogP contribution in [0.4, 0.5) is 5.95 Å². The van der Waals surface area contributed by atoms with Crippen LogP contribution in [-0.4, -0.2) is 26.1 Å². The molecule has 2 aromatic heterocycles. The van der Waals surface area contributed by atoms with Gasteiger partial charge in [-0.3, -0.25) is 10.1 Å². The quantitative estimate of drug-likeness (QED) is 0.804. The molecule has 7 heteroatoms. The van der Waals surface area contributed by atoms with Crippen LogP contribution in [0.5, 0.6) is 0 Å². The van der Waals surface area contributed by atoms with Gasteiger partial charge in [-0.15, -0.1) is 11.3 Å². The molecule has 0 spiro atoms. The summed E-state index contributed by atoms with van der Waals surface area (Å²) in [5.41, 5.74) is 0.933. The summed E-state index contributed by atoms with van der Waals surface area (Å²) in [5.74, 6) is 0.203. The van der Waals surface area contributed by atoms with Gasteiger partial charge in [0.2, 0.25) is 11.9 Å². The zero-order valence-corrected chi connectivity index (χ0v) is 8.84. The van der Waals surface area contributed by atoms with E-state index in [2.05, 4.69) is 25.5 Å². The average molecular weight is 223 g/mol. The normalized spacial score (nSPS) is 10.2. The monoisotopic (exact) mass is 223 g/mol. The molecule has 0 aliphatic rings. The molecule has 0 unspecified atom stereocenters. The van der Waals surface area contributed by atoms with Crippen LogP contribution in [0.25, 0.3) is 0 Å². The van der Waals surface area contributed by atoms with Crippen LogP contribution in [-0.2, 0) is 11.2 Å². The van der Waals surface area contributed by atoms with Gasteiger partial charge in [-0.05, 0) is 6.92 Å². The minimum atomic E-state index is -0.152. The Morgan fingerprint density at radius 2 is 2.53 bits per heavy atom. The van der Waals surface area contributed by atoms with Gasteiger partial charge in [-0.2, -0.15) is 10.1 Å². The van der Waals surface area contributed by atoms with Gasteiger partial charge in [-0.1, -0.05) is 0 Å². The molecule has 0 atom stereocenters. The van der Waals surface area contributed by atoms with Crippen molar-refractivity contribution < 1.29 is 4.79 Å². The highest BCUT2D eigenvalue weighted by atomic mass is 32.1. The Morgan fingerprint density at radius 1 is 1.67 bits per heavy atom. The number of aromatic amines is 1. The summed E-state index contributed by atoms with van der Waals surface area (Å²) in [7, 11) is 0. The number of rotatable bonds is 3. The maximum absolute atomic E-state index is 11.5. The number of hydrogen-bond acceptors (Lipinski definition) is 5. The fourth-order valence-electron chi connectivity index (χ4n) is 1.06. The second kappa shape index (κ2) is 4.18. The van der Waals surface area contributed by atoms with Gasteiger partial charge in [0.1, 0.15) is 11.3 Å². The van der Waals surface area contributed by atoms with Gasteiger partial charge in [-0.25, -0.2) is 10.1 Å². The number of hydrogen-bond donors (Lipinski definition) is 2. The zero-order valence-electron chi connectivity index (χ0n) is 8.02. The molecule has 2 heterocycles. The van der Waals surface area contributed by atoms with E-state index in [1.54, 1.807) is 0 Å². The van der Waals surface area contributed by atoms with Gasteiger partial charge in [0.05, 0.1) is 6.42 Å². The SMILES string of the molecule is Cc1csc(CC(=O)Nc2ncn[nH]2)n1. The molecule has 0 bridgehead atoms. The van der Waals surface area contributed by atoms with E-state index < -0.39 is 0 Å². The maximum atomic E-state index is 11.5. The van der Waals surface area contributed by atoms with Crippen molar-refractivity contribution in [1.82, 2.24) is 20.2 Å². The number of nitrogens with one attached hydrogen (secondary N) is 2. The lowest BCUT2D eigenvalue weighted by Crippen LogP contribution is -2.15. The molecular formula is C8H9N5OS. The molecule has 2 N–H and O–H groups in total. The van der Waals surface area contributed by atoms with Crippen LogP contribution in [0.2, 0.25) is 0 Å². The number of aryl methyl sites for hydroxylation is 1. The Bertz CT molecular complexity index is 449. The third kappa shape index (κ3) is 2.59. The molecule has 2 rings (SSSR count). The van der Waals surface area contributed by atoms with Crippen molar-refractivity contribution in [3.05, 3.63) is 22.4 Å². The van der Waals surface area contributed by atoms with E-state index in [9.17, 15) is 4.79 Å². The van der Waals surface area contributed by atoms with Crippen molar-refractivity contribution >= 4 is 23.2 Å². The van der Waals surface area contributed by atoms with E-state index in [1.807, 2.05) is 12.3 Å². The number of aromatic nitrogens is 4. The zero-order chi connectivity index (χ0) is 10.7. The van der Waals surface area contributed by atoms with Gasteiger partial charge >= 0.3 is 0 Å². The third-order valence-electron chi connectivity index (χ3n) is 1.65. The lowest BCUT2D eigenvalue weighted by atomic mass is 10.4. The first-order valence-corrected chi connectivity index (χ1v) is 5.18. The van der Waals surface area contributed by atoms with Crippen molar-refractivity contribution in [2.75, 3.05) is 5.32 Å². The van der Waals surface area contributed by atoms with Crippen LogP contribution in [0.1, 0.15) is 10.7 Å². The van der Waals surface area contributed by atoms with E-state index in [1.165, 1.54) is 17.7 Å². The van der Waals surface area contributed by atoms with Crippen LogP contribution in [0.3, 0.4) is 0 Å². The number of carbonyl (C=O) groups is 1. The smallest absolute Gasteiger partial charge is 0.233 e. The Morgan fingerprint density at radius 3 is 3.13 bits per heavy atom. The van der Waals surface area contributed by atoms with Gasteiger partial charge in [0.15, 0.2) is 0 Å². The van der Waals surface area contributed by atoms with E-state index in [-0.39, 0.29) is 12.3 Å². The minimum Gasteiger partial charge on any atom is -0.295 e. The summed E-state index contributed by atoms with van der Waals surface area (Å²) in [6.07, 6.45) is 1.60. The number of amides is 1. The molecule has 0 fully saturated rings. The summed E-state index contributed by atoms with van der Waals surface area (Å²) in [4.78, 5) is 19.4. The standard InChI is InChI=1S/C8H9N5OS/c1-5-3-15-7(11-5)2-6(14)12-8-9-4-10-13-8/h3-4H,2H2,1H3,(H2,9,10,12,13,14). The molecule has 78 valence electrons. The summed E-state index contributed by atoms with van der Waals surface area (Å²) < 4.78 is 0. The van der Waals surface area contributed by atoms with Crippen molar-refractivity contribution in [2.45, 2.75) is 13.3 Å². The fourth-order valence-corrected chi connectivity index (χ4v) is 1.83. The van der Waals surface area contributed by atoms with Crippen molar-refractivity contribution in [1.29, 1.82) is 0 Å². The minimum absolute atomic E-state index is 0.152. The molecule has 0 aliphatic heterocycles. The predicted octanol–water partition coefficient (Wildman–Crippen LogP) is 0.751. The van der Waals surface area contributed by atoms with Crippen molar-refractivity contribution in [3.63, 3.8) is 0 Å². The molecule has 0 saturated heterocycles. The Kier molecular flexibility index (Phi) is 2.72. The summed E-state index contributed by atoms with van der Waals surface area (Å²) in [6, 6.07) is 0. The first-order chi connectivity index (χ1) is 7.24. The number of anilines is 1. The molecule has 2 aromatic rings. The fraction of sp³-hybridized carbons (Fsp3) is 0.250. The molecular weight excluding hydrogens is 214 g/mol. The molecule has 6 nitrogen and oxygen atoms in total. The summed E-state index contributed by atoms with van der Waals surface area (Å²) in [5, 5.41) is 11.5. The van der Waals surface area contributed by atoms with Crippen molar-refractivity contribution in [2.24, 2.45) is 0 Å². The lowest BCUT2D eigenvalue weighted by Gasteiger charge is -1.97. The van der Waals surface area contributed by atoms with Crippen molar-refractivity contribution in [3.8, 4) is 0 Å². The Labute approximate surface area is 89.8 Å². The molecule has 15 heavy (non-hydrogen) atoms. The van der Waals surface area contributed by atoms with Crippen LogP contribution in [0.15, 0.2) is 11.7 Å². The second-order valence-electron chi connectivity index (χ2n) is 2.94. The van der Waals surface area contributed by atoms with Gasteiger partial charge in [0, 0.05) is 11.1 Å². The summed E-state index contributed by atoms with van der Waals surface area (Å²) >= 11 is 1.47. The second-order valence-corrected chi connectivity index (χ2v) is 3.88. The predicted molar refractivity (Wildman–Crippen MR) is 55.6 cm³/mol. The number of H-pyrrole nitrogens is 1. The summed E-state index contributed by atoms with van der Waals surface area (Å²) in [6.45, 7) is 1.90. The van der Waals surface area contributed by atoms with Crippen LogP contribution >= 0.6 is 11.3 Å².